The van der Waals surface area contributed by atoms with E-state index in [1.807, 2.05) is 0 Å². The van der Waals surface area contributed by atoms with E-state index >= 15 is 0 Å². The van der Waals surface area contributed by atoms with Crippen LogP contribution in [-0.4, -0.2) is 40.4 Å². The van der Waals surface area contributed by atoms with E-state index in [4.69, 9.17) is 9.84 Å². The number of nitrogens with zero attached hydrogens (tertiary/aromatic N) is 1. The molecule has 0 spiro atoms. The number of esters is 1. The van der Waals surface area contributed by atoms with E-state index in [9.17, 15) is 9.59 Å². The molecule has 1 heterocycles. The highest BCUT2D eigenvalue weighted by molar-refractivity contribution is 5.77. The molecule has 0 aromatic carbocycles. The van der Waals surface area contributed by atoms with E-state index in [-0.39, 0.29) is 5.97 Å². The van der Waals surface area contributed by atoms with Crippen LogP contribution in [0.5, 0.6) is 0 Å². The molecule has 1 atom stereocenters. The average molecular weight is 230 g/mol. The summed E-state index contributed by atoms with van der Waals surface area (Å²) in [5, 5.41) is 10.0. The van der Waals surface area contributed by atoms with Crippen LogP contribution in [0, 0.1) is 0 Å². The molecular weight excluding hydrogens is 212 g/mol. The second-order valence-electron chi connectivity index (χ2n) is 4.80. The molecule has 16 heavy (non-hydrogen) atoms. The summed E-state index contributed by atoms with van der Waals surface area (Å²) in [4.78, 5) is 22.3. The molecule has 6 heteroatoms. The summed E-state index contributed by atoms with van der Waals surface area (Å²) in [6, 6.07) is -0.504. The molecule has 0 aliphatic carbocycles. The minimum absolute atomic E-state index is 0.376. The van der Waals surface area contributed by atoms with Gasteiger partial charge in [-0.2, -0.15) is 0 Å². The van der Waals surface area contributed by atoms with Crippen LogP contribution < -0.4 is 5.43 Å². The molecule has 1 amide bonds. The Kier molecular flexibility index (Phi) is 3.74. The number of carbonyl (C=O) groups excluding carboxylic acids is 1. The lowest BCUT2D eigenvalue weighted by atomic mass is 10.2. The summed E-state index contributed by atoms with van der Waals surface area (Å²) in [6.07, 6.45) is 0.245. The molecule has 0 saturated carbocycles. The number of carbonyl (C=O) groups is 2. The van der Waals surface area contributed by atoms with E-state index in [1.165, 1.54) is 5.01 Å². The fourth-order valence-electron chi connectivity index (χ4n) is 1.64. The predicted molar refractivity (Wildman–Crippen MR) is 56.7 cm³/mol. The largest absolute Gasteiger partial charge is 0.464 e. The third-order valence-corrected chi connectivity index (χ3v) is 2.17. The molecule has 0 aromatic heterocycles. The van der Waals surface area contributed by atoms with Crippen molar-refractivity contribution in [3.05, 3.63) is 0 Å². The van der Waals surface area contributed by atoms with Gasteiger partial charge in [-0.15, -0.1) is 0 Å². The van der Waals surface area contributed by atoms with Gasteiger partial charge in [0.15, 0.2) is 0 Å². The van der Waals surface area contributed by atoms with Crippen molar-refractivity contribution < 1.29 is 19.4 Å². The molecule has 1 fully saturated rings. The maximum absolute atomic E-state index is 11.8. The summed E-state index contributed by atoms with van der Waals surface area (Å²) >= 11 is 0. The lowest BCUT2D eigenvalue weighted by Gasteiger charge is -2.26. The first kappa shape index (κ1) is 12.8. The fraction of sp³-hybridized carbons (Fsp3) is 0.800. The summed E-state index contributed by atoms with van der Waals surface area (Å²) in [5.74, 6) is -0.376. The van der Waals surface area contributed by atoms with Gasteiger partial charge in [0.05, 0.1) is 0 Å². The van der Waals surface area contributed by atoms with Crippen LogP contribution in [0.3, 0.4) is 0 Å². The zero-order valence-electron chi connectivity index (χ0n) is 9.82. The van der Waals surface area contributed by atoms with Crippen molar-refractivity contribution >= 4 is 12.1 Å². The number of carboxylic acid groups (broad SMARTS) is 1. The van der Waals surface area contributed by atoms with Crippen molar-refractivity contribution in [2.75, 3.05) is 6.54 Å². The van der Waals surface area contributed by atoms with Gasteiger partial charge in [0.2, 0.25) is 0 Å². The Morgan fingerprint density at radius 1 is 1.44 bits per heavy atom. The first-order valence-electron chi connectivity index (χ1n) is 5.29. The van der Waals surface area contributed by atoms with E-state index in [0.717, 1.165) is 6.42 Å². The van der Waals surface area contributed by atoms with Crippen molar-refractivity contribution in [3.63, 3.8) is 0 Å². The SMILES string of the molecule is CC(C)(C)OC(=O)C1CCCN1NC(=O)O. The second kappa shape index (κ2) is 4.69. The van der Waals surface area contributed by atoms with E-state index in [0.29, 0.717) is 13.0 Å². The molecule has 1 saturated heterocycles. The molecule has 1 aliphatic rings. The third-order valence-electron chi connectivity index (χ3n) is 2.17. The molecule has 92 valence electrons. The lowest BCUT2D eigenvalue weighted by Crippen LogP contribution is -2.49. The number of hydrogen-bond acceptors (Lipinski definition) is 4. The van der Waals surface area contributed by atoms with Gasteiger partial charge >= 0.3 is 12.1 Å². The Morgan fingerprint density at radius 2 is 2.06 bits per heavy atom. The maximum Gasteiger partial charge on any atom is 0.419 e. The van der Waals surface area contributed by atoms with Crippen molar-refractivity contribution in [2.45, 2.75) is 45.3 Å². The normalized spacial score (nSPS) is 21.8. The highest BCUT2D eigenvalue weighted by atomic mass is 16.6. The average Bonchev–Trinajstić information content (AvgIpc) is 2.47. The summed E-state index contributed by atoms with van der Waals surface area (Å²) in [7, 11) is 0. The monoisotopic (exact) mass is 230 g/mol. The van der Waals surface area contributed by atoms with Crippen LogP contribution in [0.2, 0.25) is 0 Å². The Hall–Kier alpha value is -1.30. The van der Waals surface area contributed by atoms with Crippen LogP contribution >= 0.6 is 0 Å². The Bertz CT molecular complexity index is 285. The van der Waals surface area contributed by atoms with E-state index in [2.05, 4.69) is 5.43 Å². The highest BCUT2D eigenvalue weighted by Crippen LogP contribution is 2.19. The number of ether oxygens (including phenoxy) is 1. The first-order chi connectivity index (χ1) is 7.29. The van der Waals surface area contributed by atoms with Crippen LogP contribution in [-0.2, 0) is 9.53 Å². The first-order valence-corrected chi connectivity index (χ1v) is 5.29. The number of amides is 1. The molecule has 1 rings (SSSR count). The van der Waals surface area contributed by atoms with Gasteiger partial charge in [-0.25, -0.2) is 9.80 Å². The Balaban J connectivity index is 2.57. The molecule has 1 aliphatic heterocycles. The second-order valence-corrected chi connectivity index (χ2v) is 4.80. The van der Waals surface area contributed by atoms with Crippen LogP contribution in [0.1, 0.15) is 33.6 Å². The third kappa shape index (κ3) is 3.69. The van der Waals surface area contributed by atoms with Crippen molar-refractivity contribution in [1.82, 2.24) is 10.4 Å². The van der Waals surface area contributed by atoms with Crippen LogP contribution in [0.25, 0.3) is 0 Å². The van der Waals surface area contributed by atoms with Crippen molar-refractivity contribution in [2.24, 2.45) is 0 Å². The number of hydrogen-bond donors (Lipinski definition) is 2. The van der Waals surface area contributed by atoms with E-state index in [1.54, 1.807) is 20.8 Å². The molecule has 2 N–H and O–H groups in total. The topological polar surface area (TPSA) is 78.9 Å². The van der Waals surface area contributed by atoms with Crippen molar-refractivity contribution in [1.29, 1.82) is 0 Å². The van der Waals surface area contributed by atoms with E-state index < -0.39 is 17.7 Å². The molecule has 0 bridgehead atoms. The molecule has 1 unspecified atom stereocenters. The van der Waals surface area contributed by atoms with Crippen LogP contribution in [0.15, 0.2) is 0 Å². The Labute approximate surface area is 94.5 Å². The van der Waals surface area contributed by atoms with Gasteiger partial charge in [0.25, 0.3) is 0 Å². The predicted octanol–water partition coefficient (Wildman–Crippen LogP) is 0.975. The number of hydrazine groups is 1. The molecule has 6 nitrogen and oxygen atoms in total. The van der Waals surface area contributed by atoms with Gasteiger partial charge in [0.1, 0.15) is 11.6 Å². The molecular formula is C10H18N2O4. The lowest BCUT2D eigenvalue weighted by molar-refractivity contribution is -0.161. The Morgan fingerprint density at radius 3 is 2.56 bits per heavy atom. The van der Waals surface area contributed by atoms with Gasteiger partial charge in [-0.05, 0) is 33.6 Å². The highest BCUT2D eigenvalue weighted by Gasteiger charge is 2.35. The zero-order chi connectivity index (χ0) is 12.3. The molecule has 0 radical (unpaired) electrons. The summed E-state index contributed by atoms with van der Waals surface area (Å²) in [6.45, 7) is 5.90. The summed E-state index contributed by atoms with van der Waals surface area (Å²) in [5.41, 5.74) is 1.66. The molecule has 0 aromatic rings. The number of rotatable bonds is 2. The minimum Gasteiger partial charge on any atom is -0.464 e. The van der Waals surface area contributed by atoms with Crippen molar-refractivity contribution in [3.8, 4) is 0 Å². The minimum atomic E-state index is -1.16. The quantitative estimate of drug-likeness (QED) is 0.691. The smallest absolute Gasteiger partial charge is 0.419 e. The zero-order valence-corrected chi connectivity index (χ0v) is 9.82. The van der Waals surface area contributed by atoms with Gasteiger partial charge in [0, 0.05) is 6.54 Å². The van der Waals surface area contributed by atoms with Crippen LogP contribution in [0.4, 0.5) is 4.79 Å². The fourth-order valence-corrected chi connectivity index (χ4v) is 1.64. The standard InChI is InChI=1S/C10H18N2O4/c1-10(2,3)16-8(13)7-5-4-6-12(7)11-9(14)15/h7,11H,4-6H2,1-3H3,(H,14,15). The summed E-state index contributed by atoms with van der Waals surface area (Å²) < 4.78 is 5.22. The van der Waals surface area contributed by atoms with Gasteiger partial charge < -0.3 is 9.84 Å². The maximum atomic E-state index is 11.8. The van der Waals surface area contributed by atoms with Gasteiger partial charge in [-0.3, -0.25) is 10.2 Å². The number of nitrogens with one attached hydrogen (secondary N) is 1. The van der Waals surface area contributed by atoms with Gasteiger partial charge in [-0.1, -0.05) is 0 Å².